The predicted octanol–water partition coefficient (Wildman–Crippen LogP) is 0.820. The lowest BCUT2D eigenvalue weighted by molar-refractivity contribution is -0.141. The highest BCUT2D eigenvalue weighted by Crippen LogP contribution is 2.17. The molecule has 16 heavy (non-hydrogen) atoms. The first-order chi connectivity index (χ1) is 7.54. The molecule has 5 heteroatoms. The molecule has 1 aromatic carbocycles. The highest BCUT2D eigenvalue weighted by molar-refractivity contribution is 5.91. The van der Waals surface area contributed by atoms with Crippen molar-refractivity contribution in [1.82, 2.24) is 5.32 Å². The smallest absolute Gasteiger partial charge is 0.330 e. The maximum Gasteiger partial charge on any atom is 0.330 e. The first kappa shape index (κ1) is 11.8. The van der Waals surface area contributed by atoms with E-state index < -0.39 is 17.9 Å². The molecule has 1 rings (SSSR count). The standard InChI is InChI=1S/C11H11NO4/c1-2-9(14)12-10(11(15)16)7-3-5-8(13)6-4-7/h2-6,10,13H,1H2,(H,12,14)(H,15,16). The molecule has 0 saturated carbocycles. The normalized spacial score (nSPS) is 11.5. The summed E-state index contributed by atoms with van der Waals surface area (Å²) in [5.41, 5.74) is 0.375. The molecule has 84 valence electrons. The Morgan fingerprint density at radius 1 is 1.31 bits per heavy atom. The number of rotatable bonds is 4. The van der Waals surface area contributed by atoms with Crippen molar-refractivity contribution in [3.05, 3.63) is 42.5 Å². The van der Waals surface area contributed by atoms with Crippen LogP contribution >= 0.6 is 0 Å². The fourth-order valence-electron chi connectivity index (χ4n) is 1.16. The van der Waals surface area contributed by atoms with E-state index in [2.05, 4.69) is 11.9 Å². The Morgan fingerprint density at radius 3 is 2.31 bits per heavy atom. The second-order valence-electron chi connectivity index (χ2n) is 3.08. The van der Waals surface area contributed by atoms with Crippen molar-refractivity contribution in [2.45, 2.75) is 6.04 Å². The fourth-order valence-corrected chi connectivity index (χ4v) is 1.16. The van der Waals surface area contributed by atoms with Crippen molar-refractivity contribution >= 4 is 11.9 Å². The number of amides is 1. The number of hydrogen-bond donors (Lipinski definition) is 3. The van der Waals surface area contributed by atoms with Crippen molar-refractivity contribution in [3.63, 3.8) is 0 Å². The predicted molar refractivity (Wildman–Crippen MR) is 56.8 cm³/mol. The lowest BCUT2D eigenvalue weighted by Crippen LogP contribution is -2.32. The van der Waals surface area contributed by atoms with E-state index in [9.17, 15) is 9.59 Å². The maximum atomic E-state index is 11.0. The van der Waals surface area contributed by atoms with Crippen LogP contribution in [-0.4, -0.2) is 22.1 Å². The van der Waals surface area contributed by atoms with Gasteiger partial charge < -0.3 is 15.5 Å². The van der Waals surface area contributed by atoms with Crippen LogP contribution in [0.3, 0.4) is 0 Å². The summed E-state index contributed by atoms with van der Waals surface area (Å²) >= 11 is 0. The van der Waals surface area contributed by atoms with Gasteiger partial charge in [-0.2, -0.15) is 0 Å². The Kier molecular flexibility index (Phi) is 3.66. The number of aliphatic carboxylic acids is 1. The van der Waals surface area contributed by atoms with Crippen LogP contribution in [-0.2, 0) is 9.59 Å². The summed E-state index contributed by atoms with van der Waals surface area (Å²) in [4.78, 5) is 21.9. The van der Waals surface area contributed by atoms with E-state index in [1.807, 2.05) is 0 Å². The van der Waals surface area contributed by atoms with Crippen molar-refractivity contribution in [1.29, 1.82) is 0 Å². The number of carbonyl (C=O) groups is 2. The van der Waals surface area contributed by atoms with Gasteiger partial charge in [-0.25, -0.2) is 4.79 Å². The highest BCUT2D eigenvalue weighted by Gasteiger charge is 2.20. The van der Waals surface area contributed by atoms with Gasteiger partial charge in [0.2, 0.25) is 5.91 Å². The summed E-state index contributed by atoms with van der Waals surface area (Å²) < 4.78 is 0. The average Bonchev–Trinajstić information content (AvgIpc) is 2.26. The summed E-state index contributed by atoms with van der Waals surface area (Å²) in [6.07, 6.45) is 0.996. The summed E-state index contributed by atoms with van der Waals surface area (Å²) in [5.74, 6) is -1.72. The number of nitrogens with one attached hydrogen (secondary N) is 1. The van der Waals surface area contributed by atoms with Crippen LogP contribution in [0.2, 0.25) is 0 Å². The molecule has 0 aliphatic heterocycles. The molecule has 1 aromatic rings. The maximum absolute atomic E-state index is 11.0. The zero-order valence-electron chi connectivity index (χ0n) is 8.38. The van der Waals surface area contributed by atoms with Crippen molar-refractivity contribution in [3.8, 4) is 5.75 Å². The van der Waals surface area contributed by atoms with Gasteiger partial charge >= 0.3 is 5.97 Å². The van der Waals surface area contributed by atoms with Crippen LogP contribution in [0.1, 0.15) is 11.6 Å². The number of aromatic hydroxyl groups is 1. The van der Waals surface area contributed by atoms with Crippen molar-refractivity contribution < 1.29 is 19.8 Å². The summed E-state index contributed by atoms with van der Waals surface area (Å²) in [7, 11) is 0. The van der Waals surface area contributed by atoms with Gasteiger partial charge in [-0.3, -0.25) is 4.79 Å². The zero-order valence-corrected chi connectivity index (χ0v) is 8.38. The van der Waals surface area contributed by atoms with Crippen LogP contribution in [0.5, 0.6) is 5.75 Å². The molecule has 0 fully saturated rings. The fraction of sp³-hybridized carbons (Fsp3) is 0.0909. The van der Waals surface area contributed by atoms with E-state index in [0.29, 0.717) is 5.56 Å². The second kappa shape index (κ2) is 4.97. The third kappa shape index (κ3) is 2.84. The van der Waals surface area contributed by atoms with Crippen LogP contribution in [0.25, 0.3) is 0 Å². The minimum atomic E-state index is -1.18. The van der Waals surface area contributed by atoms with Gasteiger partial charge in [-0.1, -0.05) is 18.7 Å². The molecule has 0 saturated heterocycles. The SMILES string of the molecule is C=CC(=O)NC(C(=O)O)c1ccc(O)cc1. The molecule has 0 aliphatic rings. The Balaban J connectivity index is 2.93. The van der Waals surface area contributed by atoms with E-state index >= 15 is 0 Å². The Morgan fingerprint density at radius 2 is 1.88 bits per heavy atom. The van der Waals surface area contributed by atoms with Gasteiger partial charge in [0, 0.05) is 0 Å². The summed E-state index contributed by atoms with van der Waals surface area (Å²) in [6, 6.07) is 4.41. The van der Waals surface area contributed by atoms with Gasteiger partial charge in [0.15, 0.2) is 6.04 Å². The quantitative estimate of drug-likeness (QED) is 0.657. The molecule has 1 unspecified atom stereocenters. The number of carboxylic acids is 1. The number of carboxylic acid groups (broad SMARTS) is 1. The zero-order chi connectivity index (χ0) is 12.1. The Labute approximate surface area is 92.0 Å². The van der Waals surface area contributed by atoms with E-state index in [4.69, 9.17) is 10.2 Å². The van der Waals surface area contributed by atoms with E-state index in [1.165, 1.54) is 24.3 Å². The molecule has 3 N–H and O–H groups in total. The molecular formula is C11H11NO4. The number of benzene rings is 1. The van der Waals surface area contributed by atoms with Crippen molar-refractivity contribution in [2.24, 2.45) is 0 Å². The lowest BCUT2D eigenvalue weighted by Gasteiger charge is -2.13. The Bertz CT molecular complexity index is 410. The van der Waals surface area contributed by atoms with Crippen LogP contribution in [0.4, 0.5) is 0 Å². The molecule has 0 radical (unpaired) electrons. The molecular weight excluding hydrogens is 210 g/mol. The summed E-state index contributed by atoms with van der Waals surface area (Å²) in [6.45, 7) is 3.24. The topological polar surface area (TPSA) is 86.6 Å². The van der Waals surface area contributed by atoms with Gasteiger partial charge in [0.25, 0.3) is 0 Å². The minimum absolute atomic E-state index is 0.0305. The molecule has 0 aliphatic carbocycles. The molecule has 0 bridgehead atoms. The van der Waals surface area contributed by atoms with Crippen LogP contribution in [0.15, 0.2) is 36.9 Å². The first-order valence-electron chi connectivity index (χ1n) is 4.49. The number of carbonyl (C=O) groups excluding carboxylic acids is 1. The second-order valence-corrected chi connectivity index (χ2v) is 3.08. The third-order valence-electron chi connectivity index (χ3n) is 1.95. The molecule has 1 atom stereocenters. The summed E-state index contributed by atoms with van der Waals surface area (Å²) in [5, 5.41) is 20.2. The van der Waals surface area contributed by atoms with Gasteiger partial charge in [-0.15, -0.1) is 0 Å². The van der Waals surface area contributed by atoms with Crippen molar-refractivity contribution in [2.75, 3.05) is 0 Å². The molecule has 0 aromatic heterocycles. The van der Waals surface area contributed by atoms with Gasteiger partial charge in [0.1, 0.15) is 5.75 Å². The number of phenols is 1. The Hall–Kier alpha value is -2.30. The monoisotopic (exact) mass is 221 g/mol. The minimum Gasteiger partial charge on any atom is -0.508 e. The average molecular weight is 221 g/mol. The molecule has 0 spiro atoms. The number of hydrogen-bond acceptors (Lipinski definition) is 3. The van der Waals surface area contributed by atoms with Gasteiger partial charge in [0.05, 0.1) is 0 Å². The highest BCUT2D eigenvalue weighted by atomic mass is 16.4. The van der Waals surface area contributed by atoms with Crippen LogP contribution < -0.4 is 5.32 Å². The molecule has 1 amide bonds. The van der Waals surface area contributed by atoms with E-state index in [-0.39, 0.29) is 5.75 Å². The van der Waals surface area contributed by atoms with Crippen LogP contribution in [0, 0.1) is 0 Å². The lowest BCUT2D eigenvalue weighted by atomic mass is 10.1. The third-order valence-corrected chi connectivity index (χ3v) is 1.95. The first-order valence-corrected chi connectivity index (χ1v) is 4.49. The van der Waals surface area contributed by atoms with E-state index in [1.54, 1.807) is 0 Å². The number of phenolic OH excluding ortho intramolecular Hbond substituents is 1. The largest absolute Gasteiger partial charge is 0.508 e. The van der Waals surface area contributed by atoms with Gasteiger partial charge in [-0.05, 0) is 23.8 Å². The molecule has 5 nitrogen and oxygen atoms in total. The van der Waals surface area contributed by atoms with E-state index in [0.717, 1.165) is 6.08 Å². The molecule has 0 heterocycles.